The van der Waals surface area contributed by atoms with E-state index >= 15 is 0 Å². The van der Waals surface area contributed by atoms with E-state index in [0.717, 1.165) is 89.9 Å². The Balaban J connectivity index is 4.48. The quantitative estimate of drug-likeness (QED) is 0.0203. The highest BCUT2D eigenvalue weighted by atomic mass is 16.6. The summed E-state index contributed by atoms with van der Waals surface area (Å²) in [5.41, 5.74) is 0. The fourth-order valence-corrected chi connectivity index (χ4v) is 5.89. The molecule has 0 radical (unpaired) electrons. The van der Waals surface area contributed by atoms with Crippen molar-refractivity contribution in [3.05, 3.63) is 85.1 Å². The normalized spacial score (nSPS) is 12.8. The summed E-state index contributed by atoms with van der Waals surface area (Å²) in [7, 11) is 0. The molecule has 0 rings (SSSR count). The number of carbonyl (C=O) groups is 3. The number of unbranched alkanes of at least 4 members (excludes halogenated alkanes) is 17. The zero-order chi connectivity index (χ0) is 40.8. The summed E-state index contributed by atoms with van der Waals surface area (Å²) in [4.78, 5) is 37.7. The average Bonchev–Trinajstić information content (AvgIpc) is 3.19. The van der Waals surface area contributed by atoms with E-state index in [9.17, 15) is 14.4 Å². The molecule has 0 aliphatic rings. The molecular weight excluding hydrogens is 697 g/mol. The molecule has 0 aromatic rings. The first-order chi connectivity index (χ1) is 27.5. The van der Waals surface area contributed by atoms with Crippen molar-refractivity contribution < 1.29 is 28.6 Å². The van der Waals surface area contributed by atoms with E-state index in [1.165, 1.54) is 57.8 Å². The van der Waals surface area contributed by atoms with E-state index in [-0.39, 0.29) is 37.5 Å². The van der Waals surface area contributed by atoms with Crippen LogP contribution < -0.4 is 0 Å². The van der Waals surface area contributed by atoms with Crippen LogP contribution in [-0.4, -0.2) is 37.2 Å². The van der Waals surface area contributed by atoms with Crippen molar-refractivity contribution in [1.29, 1.82) is 0 Å². The van der Waals surface area contributed by atoms with Gasteiger partial charge in [-0.05, 0) is 64.2 Å². The van der Waals surface area contributed by atoms with Crippen molar-refractivity contribution >= 4 is 17.9 Å². The minimum Gasteiger partial charge on any atom is -0.462 e. The number of hydrogen-bond acceptors (Lipinski definition) is 6. The Morgan fingerprint density at radius 2 is 0.804 bits per heavy atom. The topological polar surface area (TPSA) is 78.9 Å². The van der Waals surface area contributed by atoms with Crippen LogP contribution in [-0.2, 0) is 28.6 Å². The second-order valence-electron chi connectivity index (χ2n) is 14.6. The Morgan fingerprint density at radius 1 is 0.393 bits per heavy atom. The highest BCUT2D eigenvalue weighted by Crippen LogP contribution is 2.14. The zero-order valence-electron chi connectivity index (χ0n) is 36.1. The molecule has 0 spiro atoms. The molecule has 0 aliphatic heterocycles. The Hall–Kier alpha value is -3.41. The van der Waals surface area contributed by atoms with Crippen LogP contribution in [0.4, 0.5) is 0 Å². The molecule has 0 aliphatic carbocycles. The van der Waals surface area contributed by atoms with Crippen molar-refractivity contribution in [1.82, 2.24) is 0 Å². The highest BCUT2D eigenvalue weighted by Gasteiger charge is 2.19. The molecule has 0 heterocycles. The summed E-state index contributed by atoms with van der Waals surface area (Å²) < 4.78 is 16.6. The summed E-state index contributed by atoms with van der Waals surface area (Å²) in [6, 6.07) is 0. The van der Waals surface area contributed by atoms with Crippen LogP contribution in [0.2, 0.25) is 0 Å². The van der Waals surface area contributed by atoms with Crippen LogP contribution >= 0.6 is 0 Å². The van der Waals surface area contributed by atoms with Crippen LogP contribution in [0, 0.1) is 0 Å². The number of hydrogen-bond donors (Lipinski definition) is 0. The summed E-state index contributed by atoms with van der Waals surface area (Å²) >= 11 is 0. The van der Waals surface area contributed by atoms with E-state index in [4.69, 9.17) is 14.2 Å². The molecule has 0 bridgehead atoms. The Morgan fingerprint density at radius 3 is 1.36 bits per heavy atom. The third kappa shape index (κ3) is 41.7. The van der Waals surface area contributed by atoms with Gasteiger partial charge < -0.3 is 14.2 Å². The van der Waals surface area contributed by atoms with Gasteiger partial charge in [-0.25, -0.2) is 0 Å². The molecule has 0 saturated heterocycles. The van der Waals surface area contributed by atoms with Crippen molar-refractivity contribution in [2.45, 2.75) is 200 Å². The predicted molar refractivity (Wildman–Crippen MR) is 237 cm³/mol. The fraction of sp³-hybridized carbons (Fsp3) is 0.660. The SMILES string of the molecule is CC\C=C/C=C\C=C/C=C\CCCCCCCC(=O)OCC(COC(=O)CCC/C=C\C/C=C\C/C=C\CC)OC(=O)CCCCCCCCCCCCCC. The molecular formula is C50H82O6. The molecule has 0 aromatic carbocycles. The smallest absolute Gasteiger partial charge is 0.306 e. The Labute approximate surface area is 344 Å². The Kier molecular flexibility index (Phi) is 41.6. The number of allylic oxidation sites excluding steroid dienone is 14. The lowest BCUT2D eigenvalue weighted by Gasteiger charge is -2.18. The van der Waals surface area contributed by atoms with E-state index in [1.807, 2.05) is 24.3 Å². The van der Waals surface area contributed by atoms with Gasteiger partial charge in [0.1, 0.15) is 13.2 Å². The molecule has 0 amide bonds. The molecule has 6 heteroatoms. The zero-order valence-corrected chi connectivity index (χ0v) is 36.1. The first-order valence-electron chi connectivity index (χ1n) is 22.6. The summed E-state index contributed by atoms with van der Waals surface area (Å²) in [5, 5.41) is 0. The molecule has 0 aromatic heterocycles. The first kappa shape index (κ1) is 52.6. The molecule has 56 heavy (non-hydrogen) atoms. The van der Waals surface area contributed by atoms with Crippen LogP contribution in [0.3, 0.4) is 0 Å². The van der Waals surface area contributed by atoms with Gasteiger partial charge in [-0.3, -0.25) is 14.4 Å². The van der Waals surface area contributed by atoms with Crippen LogP contribution in [0.15, 0.2) is 85.1 Å². The van der Waals surface area contributed by atoms with Gasteiger partial charge in [0, 0.05) is 19.3 Å². The molecule has 1 unspecified atom stereocenters. The van der Waals surface area contributed by atoms with Crippen molar-refractivity contribution in [3.63, 3.8) is 0 Å². The highest BCUT2D eigenvalue weighted by molar-refractivity contribution is 5.71. The largest absolute Gasteiger partial charge is 0.462 e. The second-order valence-corrected chi connectivity index (χ2v) is 14.6. The maximum Gasteiger partial charge on any atom is 0.306 e. The molecule has 1 atom stereocenters. The molecule has 6 nitrogen and oxygen atoms in total. The monoisotopic (exact) mass is 779 g/mol. The van der Waals surface area contributed by atoms with E-state index < -0.39 is 6.10 Å². The molecule has 318 valence electrons. The van der Waals surface area contributed by atoms with Gasteiger partial charge in [-0.15, -0.1) is 0 Å². The molecule has 0 N–H and O–H groups in total. The van der Waals surface area contributed by atoms with Gasteiger partial charge in [-0.2, -0.15) is 0 Å². The summed E-state index contributed by atoms with van der Waals surface area (Å²) in [6.07, 6.45) is 55.7. The third-order valence-corrected chi connectivity index (χ3v) is 9.24. The Bertz CT molecular complexity index is 1120. The van der Waals surface area contributed by atoms with Crippen molar-refractivity contribution in [2.75, 3.05) is 13.2 Å². The van der Waals surface area contributed by atoms with Gasteiger partial charge in [0.2, 0.25) is 0 Å². The van der Waals surface area contributed by atoms with Gasteiger partial charge in [-0.1, -0.05) is 196 Å². The summed E-state index contributed by atoms with van der Waals surface area (Å²) in [6.45, 7) is 6.29. The lowest BCUT2D eigenvalue weighted by Crippen LogP contribution is -2.30. The van der Waals surface area contributed by atoms with Crippen LogP contribution in [0.1, 0.15) is 194 Å². The van der Waals surface area contributed by atoms with E-state index in [1.54, 1.807) is 0 Å². The van der Waals surface area contributed by atoms with E-state index in [2.05, 4.69) is 81.5 Å². The van der Waals surface area contributed by atoms with Crippen molar-refractivity contribution in [2.24, 2.45) is 0 Å². The lowest BCUT2D eigenvalue weighted by molar-refractivity contribution is -0.167. The minimum absolute atomic E-state index is 0.104. The summed E-state index contributed by atoms with van der Waals surface area (Å²) in [5.74, 6) is -0.988. The second kappa shape index (κ2) is 44.3. The minimum atomic E-state index is -0.802. The average molecular weight is 779 g/mol. The first-order valence-corrected chi connectivity index (χ1v) is 22.6. The van der Waals surface area contributed by atoms with Gasteiger partial charge >= 0.3 is 17.9 Å². The van der Waals surface area contributed by atoms with Crippen LogP contribution in [0.5, 0.6) is 0 Å². The maximum atomic E-state index is 12.7. The van der Waals surface area contributed by atoms with Crippen molar-refractivity contribution in [3.8, 4) is 0 Å². The maximum absolute atomic E-state index is 12.7. The fourth-order valence-electron chi connectivity index (χ4n) is 5.89. The van der Waals surface area contributed by atoms with Crippen LogP contribution in [0.25, 0.3) is 0 Å². The predicted octanol–water partition coefficient (Wildman–Crippen LogP) is 14.5. The van der Waals surface area contributed by atoms with Gasteiger partial charge in [0.25, 0.3) is 0 Å². The van der Waals surface area contributed by atoms with E-state index in [0.29, 0.717) is 19.3 Å². The van der Waals surface area contributed by atoms with Gasteiger partial charge in [0.15, 0.2) is 6.10 Å². The number of esters is 3. The number of ether oxygens (including phenoxy) is 3. The number of carbonyl (C=O) groups excluding carboxylic acids is 3. The third-order valence-electron chi connectivity index (χ3n) is 9.24. The number of rotatable bonds is 39. The standard InChI is InChI=1S/C50H82O6/c1-4-7-10-13-16-19-22-24-25-26-29-31-34-37-40-43-49(52)55-46-47(45-54-48(51)42-39-36-33-30-27-21-18-15-12-9-6-3)56-50(53)44-41-38-35-32-28-23-20-17-14-11-8-5-2/h7,9-10,12-13,16,18-19,21-22,24-25,30,33,47H,4-6,8,11,14-15,17,20,23,26-29,31-32,34-46H2,1-3H3/b10-7-,12-9-,16-13-,21-18-,22-19-,25-24-,33-30-. The molecule has 0 saturated carbocycles. The molecule has 0 fully saturated rings. The lowest BCUT2D eigenvalue weighted by atomic mass is 10.0. The van der Waals surface area contributed by atoms with Gasteiger partial charge in [0.05, 0.1) is 0 Å².